The van der Waals surface area contributed by atoms with Gasteiger partial charge in [0.1, 0.15) is 11.2 Å². The van der Waals surface area contributed by atoms with Crippen LogP contribution in [0, 0.1) is 0 Å². The second-order valence-corrected chi connectivity index (χ2v) is 9.60. The molecule has 9 aromatic rings. The van der Waals surface area contributed by atoms with E-state index in [0.29, 0.717) is 32.7 Å². The molecular formula is C40H24O. The lowest BCUT2D eigenvalue weighted by atomic mass is 9.85. The van der Waals surface area contributed by atoms with Gasteiger partial charge in [-0.1, -0.05) is 115 Å². The topological polar surface area (TPSA) is 13.1 Å². The summed E-state index contributed by atoms with van der Waals surface area (Å²) < 4.78 is 147. The number of benzene rings is 8. The fraction of sp³-hybridized carbons (Fsp3) is 0. The Morgan fingerprint density at radius 1 is 0.390 bits per heavy atom. The number of hydrogen-bond acceptors (Lipinski definition) is 1. The quantitative estimate of drug-likeness (QED) is 0.200. The number of furan rings is 1. The fourth-order valence-corrected chi connectivity index (χ4v) is 5.55. The molecule has 8 aromatic carbocycles. The van der Waals surface area contributed by atoms with Gasteiger partial charge in [0.15, 0.2) is 0 Å². The third-order valence-electron chi connectivity index (χ3n) is 7.32. The van der Waals surface area contributed by atoms with Crippen molar-refractivity contribution in [2.45, 2.75) is 0 Å². The Labute approximate surface area is 259 Å². The van der Waals surface area contributed by atoms with Gasteiger partial charge >= 0.3 is 0 Å². The summed E-state index contributed by atoms with van der Waals surface area (Å²) in [5, 5.41) is 0.427. The maximum atomic E-state index is 9.55. The average Bonchev–Trinajstić information content (AvgIpc) is 3.62. The van der Waals surface area contributed by atoms with Gasteiger partial charge in [0.25, 0.3) is 0 Å². The molecule has 0 radical (unpaired) electrons. The Morgan fingerprint density at radius 3 is 1.51 bits per heavy atom. The molecule has 1 aromatic heterocycles. The van der Waals surface area contributed by atoms with Crippen molar-refractivity contribution >= 4 is 65.0 Å². The predicted octanol–water partition coefficient (Wildman–Crippen LogP) is 11.5. The molecule has 0 aliphatic heterocycles. The third kappa shape index (κ3) is 3.36. The molecule has 0 saturated heterocycles. The molecule has 9 rings (SSSR count). The van der Waals surface area contributed by atoms with Crippen LogP contribution in [-0.4, -0.2) is 0 Å². The summed E-state index contributed by atoms with van der Waals surface area (Å²) in [5.74, 6) is 0. The molecule has 1 heteroatoms. The van der Waals surface area contributed by atoms with E-state index in [2.05, 4.69) is 0 Å². The van der Waals surface area contributed by atoms with Crippen LogP contribution in [0.4, 0.5) is 0 Å². The van der Waals surface area contributed by atoms with Crippen LogP contribution in [0.3, 0.4) is 0 Å². The van der Waals surface area contributed by atoms with E-state index in [-0.39, 0.29) is 66.7 Å². The lowest BCUT2D eigenvalue weighted by Crippen LogP contribution is -1.91. The van der Waals surface area contributed by atoms with Gasteiger partial charge in [-0.15, -0.1) is 0 Å². The van der Waals surface area contributed by atoms with Crippen molar-refractivity contribution in [3.63, 3.8) is 0 Å². The van der Waals surface area contributed by atoms with E-state index in [1.807, 2.05) is 0 Å². The van der Waals surface area contributed by atoms with Crippen LogP contribution in [0.15, 0.2) is 150 Å². The first kappa shape index (κ1) is 12.0. The first-order valence-electron chi connectivity index (χ1n) is 20.8. The highest BCUT2D eigenvalue weighted by atomic mass is 16.3. The van der Waals surface area contributed by atoms with Crippen molar-refractivity contribution < 1.29 is 26.3 Å². The summed E-state index contributed by atoms with van der Waals surface area (Å²) in [6, 6.07) is 5.65. The molecular weight excluding hydrogens is 496 g/mol. The standard InChI is InChI=1S/C40H24O/c1-2-10-26-21-29(18-17-25(26)9-1)39-32-13-5-7-15-34(32)40(35-16-8-6-14-33(35)39)30-19-20-31-36-22-27-11-3-4-12-28(27)23-38(36)41-37(31)24-30/h1-24H/i1D,2D,3D,4D,9D,10D,11D,12D,17D,18D,19D,20D,21D,22D,23D,24D. The summed E-state index contributed by atoms with van der Waals surface area (Å²) in [4.78, 5) is 0. The molecule has 0 aliphatic carbocycles. The van der Waals surface area contributed by atoms with E-state index in [4.69, 9.17) is 20.9 Å². The molecule has 0 spiro atoms. The van der Waals surface area contributed by atoms with Crippen LogP contribution in [0.5, 0.6) is 0 Å². The summed E-state index contributed by atoms with van der Waals surface area (Å²) in [7, 11) is 0. The molecule has 0 saturated carbocycles. The van der Waals surface area contributed by atoms with Crippen LogP contribution < -0.4 is 0 Å². The van der Waals surface area contributed by atoms with E-state index >= 15 is 0 Å². The highest BCUT2D eigenvalue weighted by molar-refractivity contribution is 6.22. The van der Waals surface area contributed by atoms with Crippen LogP contribution >= 0.6 is 0 Å². The van der Waals surface area contributed by atoms with E-state index in [1.165, 1.54) is 0 Å². The van der Waals surface area contributed by atoms with Crippen molar-refractivity contribution in [2.75, 3.05) is 0 Å². The second kappa shape index (κ2) is 8.55. The molecule has 0 atom stereocenters. The second-order valence-electron chi connectivity index (χ2n) is 9.60. The minimum Gasteiger partial charge on any atom is -0.456 e. The van der Waals surface area contributed by atoms with Gasteiger partial charge in [-0.25, -0.2) is 0 Å². The smallest absolute Gasteiger partial charge is 0.136 e. The minimum atomic E-state index is -0.604. The van der Waals surface area contributed by atoms with Crippen LogP contribution in [0.2, 0.25) is 0 Å². The number of fused-ring (bicyclic) bond motifs is 7. The van der Waals surface area contributed by atoms with Crippen molar-refractivity contribution in [2.24, 2.45) is 0 Å². The van der Waals surface area contributed by atoms with E-state index in [0.717, 1.165) is 0 Å². The maximum absolute atomic E-state index is 9.55. The zero-order valence-electron chi connectivity index (χ0n) is 37.0. The largest absolute Gasteiger partial charge is 0.456 e. The molecule has 0 fully saturated rings. The Hall–Kier alpha value is -5.40. The van der Waals surface area contributed by atoms with Crippen LogP contribution in [0.25, 0.3) is 87.3 Å². The normalized spacial score (nSPS) is 17.4. The summed E-state index contributed by atoms with van der Waals surface area (Å²) in [5.41, 5.74) is -0.0124. The number of hydrogen-bond donors (Lipinski definition) is 0. The minimum absolute atomic E-state index is 0.0524. The van der Waals surface area contributed by atoms with Crippen molar-refractivity contribution in [1.29, 1.82) is 0 Å². The van der Waals surface area contributed by atoms with Gasteiger partial charge < -0.3 is 4.42 Å². The Kier molecular flexibility index (Phi) is 2.50. The summed E-state index contributed by atoms with van der Waals surface area (Å²) in [6.07, 6.45) is 0. The molecule has 0 unspecified atom stereocenters. The Bertz CT molecular complexity index is 3310. The van der Waals surface area contributed by atoms with Crippen LogP contribution in [-0.2, 0) is 0 Å². The molecule has 0 bridgehead atoms. The van der Waals surface area contributed by atoms with Gasteiger partial charge in [-0.05, 0) is 95.6 Å². The molecule has 0 amide bonds. The van der Waals surface area contributed by atoms with E-state index in [1.54, 1.807) is 48.5 Å². The Balaban J connectivity index is 1.44. The average molecular weight is 537 g/mol. The van der Waals surface area contributed by atoms with Crippen LogP contribution in [0.1, 0.15) is 21.9 Å². The first-order chi connectivity index (χ1) is 27.0. The monoisotopic (exact) mass is 536 g/mol. The van der Waals surface area contributed by atoms with Gasteiger partial charge in [-0.2, -0.15) is 0 Å². The van der Waals surface area contributed by atoms with E-state index in [9.17, 15) is 5.48 Å². The van der Waals surface area contributed by atoms with Crippen molar-refractivity contribution in [3.8, 4) is 22.3 Å². The number of rotatable bonds is 2. The fourth-order valence-electron chi connectivity index (χ4n) is 5.55. The first-order valence-corrected chi connectivity index (χ1v) is 12.8. The summed E-state index contributed by atoms with van der Waals surface area (Å²) >= 11 is 0. The molecule has 0 N–H and O–H groups in total. The van der Waals surface area contributed by atoms with Gasteiger partial charge in [0, 0.05) is 10.8 Å². The molecule has 1 heterocycles. The lowest BCUT2D eigenvalue weighted by molar-refractivity contribution is 0.669. The SMILES string of the molecule is [2H]c1c([2H])c([2H])c2c([2H])c(-c3c4ccccc4c(-c4c([2H])c([2H])c5c(oc6c([2H])c7c([2H])c([2H])c([2H])c([2H])c7c([2H])c65)c4[2H])c4ccccc34)c([2H])c([2H])c2c1[2H]. The highest BCUT2D eigenvalue weighted by Gasteiger charge is 2.18. The van der Waals surface area contributed by atoms with Crippen molar-refractivity contribution in [1.82, 2.24) is 0 Å². The summed E-state index contributed by atoms with van der Waals surface area (Å²) in [6.45, 7) is 0. The van der Waals surface area contributed by atoms with Gasteiger partial charge in [0.2, 0.25) is 0 Å². The Morgan fingerprint density at radius 2 is 0.878 bits per heavy atom. The molecule has 190 valence electrons. The lowest BCUT2D eigenvalue weighted by Gasteiger charge is -2.18. The zero-order valence-corrected chi connectivity index (χ0v) is 21.0. The van der Waals surface area contributed by atoms with E-state index < -0.39 is 84.6 Å². The maximum Gasteiger partial charge on any atom is 0.136 e. The van der Waals surface area contributed by atoms with Gasteiger partial charge in [-0.3, -0.25) is 0 Å². The van der Waals surface area contributed by atoms with Gasteiger partial charge in [0.05, 0.1) is 21.9 Å². The van der Waals surface area contributed by atoms with Crippen molar-refractivity contribution in [3.05, 3.63) is 145 Å². The third-order valence-corrected chi connectivity index (χ3v) is 7.32. The zero-order chi connectivity index (χ0) is 40.8. The molecule has 1 nitrogen and oxygen atoms in total. The predicted molar refractivity (Wildman–Crippen MR) is 175 cm³/mol. The molecule has 41 heavy (non-hydrogen) atoms. The molecule has 0 aliphatic rings. The highest BCUT2D eigenvalue weighted by Crippen LogP contribution is 2.45.